The molecule has 1 atom stereocenters. The number of nitrogens with one attached hydrogen (secondary N) is 1. The SMILES string of the molecule is COCC1CNCc2cc(OC)ccc21. The Bertz CT molecular complexity index is 338. The fourth-order valence-corrected chi connectivity index (χ4v) is 2.10. The molecule has 1 aliphatic heterocycles. The molecule has 0 fully saturated rings. The molecule has 0 bridgehead atoms. The van der Waals surface area contributed by atoms with Crippen LogP contribution >= 0.6 is 0 Å². The van der Waals surface area contributed by atoms with E-state index in [4.69, 9.17) is 9.47 Å². The maximum atomic E-state index is 5.22. The van der Waals surface area contributed by atoms with Crippen LogP contribution in [0.2, 0.25) is 0 Å². The van der Waals surface area contributed by atoms with Crippen LogP contribution in [0.1, 0.15) is 17.0 Å². The minimum absolute atomic E-state index is 0.463. The van der Waals surface area contributed by atoms with Crippen LogP contribution in [0.25, 0.3) is 0 Å². The Hall–Kier alpha value is -1.06. The molecule has 2 rings (SSSR count). The van der Waals surface area contributed by atoms with E-state index in [1.54, 1.807) is 14.2 Å². The van der Waals surface area contributed by atoms with Crippen LogP contribution in [-0.2, 0) is 11.3 Å². The third-order valence-electron chi connectivity index (χ3n) is 2.86. The normalized spacial score (nSPS) is 19.7. The second kappa shape index (κ2) is 4.64. The van der Waals surface area contributed by atoms with Crippen molar-refractivity contribution in [2.75, 3.05) is 27.4 Å². The zero-order valence-corrected chi connectivity index (χ0v) is 9.25. The van der Waals surface area contributed by atoms with Crippen molar-refractivity contribution >= 4 is 0 Å². The molecule has 1 aromatic rings. The summed E-state index contributed by atoms with van der Waals surface area (Å²) < 4.78 is 10.4. The molecule has 0 aliphatic carbocycles. The summed E-state index contributed by atoms with van der Waals surface area (Å²) in [7, 11) is 3.45. The lowest BCUT2D eigenvalue weighted by Gasteiger charge is -2.26. The topological polar surface area (TPSA) is 30.5 Å². The summed E-state index contributed by atoms with van der Waals surface area (Å²) in [5, 5.41) is 3.39. The first kappa shape index (κ1) is 10.5. The van der Waals surface area contributed by atoms with Crippen LogP contribution in [-0.4, -0.2) is 27.4 Å². The van der Waals surface area contributed by atoms with E-state index in [9.17, 15) is 0 Å². The summed E-state index contributed by atoms with van der Waals surface area (Å²) in [6, 6.07) is 6.27. The van der Waals surface area contributed by atoms with Crippen molar-refractivity contribution < 1.29 is 9.47 Å². The lowest BCUT2D eigenvalue weighted by molar-refractivity contribution is 0.175. The van der Waals surface area contributed by atoms with Crippen molar-refractivity contribution in [1.82, 2.24) is 5.32 Å². The largest absolute Gasteiger partial charge is 0.497 e. The average Bonchev–Trinajstić information content (AvgIpc) is 2.29. The summed E-state index contributed by atoms with van der Waals surface area (Å²) in [4.78, 5) is 0. The first-order valence-corrected chi connectivity index (χ1v) is 5.21. The minimum Gasteiger partial charge on any atom is -0.497 e. The van der Waals surface area contributed by atoms with Crippen molar-refractivity contribution in [3.05, 3.63) is 29.3 Å². The van der Waals surface area contributed by atoms with Crippen LogP contribution in [0.3, 0.4) is 0 Å². The highest BCUT2D eigenvalue weighted by Gasteiger charge is 2.19. The van der Waals surface area contributed by atoms with Gasteiger partial charge in [0, 0.05) is 26.1 Å². The highest BCUT2D eigenvalue weighted by Crippen LogP contribution is 2.27. The maximum Gasteiger partial charge on any atom is 0.119 e. The predicted molar refractivity (Wildman–Crippen MR) is 59.3 cm³/mol. The highest BCUT2D eigenvalue weighted by molar-refractivity contribution is 5.39. The number of fused-ring (bicyclic) bond motifs is 1. The first-order valence-electron chi connectivity index (χ1n) is 5.21. The quantitative estimate of drug-likeness (QED) is 0.815. The number of methoxy groups -OCH3 is 2. The van der Waals surface area contributed by atoms with Gasteiger partial charge in [-0.1, -0.05) is 6.07 Å². The van der Waals surface area contributed by atoms with Gasteiger partial charge in [-0.25, -0.2) is 0 Å². The summed E-state index contributed by atoms with van der Waals surface area (Å²) in [5.41, 5.74) is 2.71. The van der Waals surface area contributed by atoms with Gasteiger partial charge in [-0.3, -0.25) is 0 Å². The number of ether oxygens (including phenoxy) is 2. The van der Waals surface area contributed by atoms with Gasteiger partial charge < -0.3 is 14.8 Å². The van der Waals surface area contributed by atoms with Gasteiger partial charge in [0.1, 0.15) is 5.75 Å². The molecule has 82 valence electrons. The summed E-state index contributed by atoms with van der Waals surface area (Å²) in [6.45, 7) is 2.69. The molecule has 0 saturated heterocycles. The zero-order chi connectivity index (χ0) is 10.7. The molecule has 3 heteroatoms. The van der Waals surface area contributed by atoms with Gasteiger partial charge >= 0.3 is 0 Å². The van der Waals surface area contributed by atoms with Gasteiger partial charge in [0.05, 0.1) is 13.7 Å². The predicted octanol–water partition coefficient (Wildman–Crippen LogP) is 1.53. The Kier molecular flexibility index (Phi) is 3.23. The maximum absolute atomic E-state index is 5.22. The number of rotatable bonds is 3. The fraction of sp³-hybridized carbons (Fsp3) is 0.500. The molecule has 0 aromatic heterocycles. The molecule has 0 saturated carbocycles. The van der Waals surface area contributed by atoms with Gasteiger partial charge in [0.25, 0.3) is 0 Å². The monoisotopic (exact) mass is 207 g/mol. The van der Waals surface area contributed by atoms with E-state index in [0.29, 0.717) is 5.92 Å². The zero-order valence-electron chi connectivity index (χ0n) is 9.25. The van der Waals surface area contributed by atoms with E-state index in [2.05, 4.69) is 17.4 Å². The average molecular weight is 207 g/mol. The minimum atomic E-state index is 0.463. The van der Waals surface area contributed by atoms with E-state index in [1.807, 2.05) is 6.07 Å². The molecule has 15 heavy (non-hydrogen) atoms. The van der Waals surface area contributed by atoms with Crippen LogP contribution in [0.4, 0.5) is 0 Å². The Morgan fingerprint density at radius 3 is 3.00 bits per heavy atom. The fourth-order valence-electron chi connectivity index (χ4n) is 2.10. The third kappa shape index (κ3) is 2.13. The molecule has 1 aromatic carbocycles. The lowest BCUT2D eigenvalue weighted by atomic mass is 9.91. The van der Waals surface area contributed by atoms with E-state index >= 15 is 0 Å². The molecule has 0 radical (unpaired) electrons. The van der Waals surface area contributed by atoms with Crippen LogP contribution in [0, 0.1) is 0 Å². The second-order valence-corrected chi connectivity index (χ2v) is 3.85. The van der Waals surface area contributed by atoms with E-state index < -0.39 is 0 Å². The first-order chi connectivity index (χ1) is 7.35. The molecule has 1 N–H and O–H groups in total. The van der Waals surface area contributed by atoms with Gasteiger partial charge in [-0.05, 0) is 23.3 Å². The summed E-state index contributed by atoms with van der Waals surface area (Å²) in [6.07, 6.45) is 0. The molecule has 0 amide bonds. The number of hydrogen-bond donors (Lipinski definition) is 1. The van der Waals surface area contributed by atoms with Gasteiger partial charge in [0.15, 0.2) is 0 Å². The third-order valence-corrected chi connectivity index (χ3v) is 2.86. The number of hydrogen-bond acceptors (Lipinski definition) is 3. The standard InChI is InChI=1S/C12H17NO2/c1-14-8-10-7-13-6-9-5-11(15-2)3-4-12(9)10/h3-5,10,13H,6-8H2,1-2H3. The number of benzene rings is 1. The molecule has 1 aliphatic rings. The van der Waals surface area contributed by atoms with E-state index in [1.165, 1.54) is 11.1 Å². The lowest BCUT2D eigenvalue weighted by Crippen LogP contribution is -2.30. The summed E-state index contributed by atoms with van der Waals surface area (Å²) >= 11 is 0. The molecule has 0 spiro atoms. The van der Waals surface area contributed by atoms with Crippen molar-refractivity contribution in [1.29, 1.82) is 0 Å². The Balaban J connectivity index is 2.28. The van der Waals surface area contributed by atoms with Crippen LogP contribution in [0.5, 0.6) is 5.75 Å². The van der Waals surface area contributed by atoms with Crippen LogP contribution in [0.15, 0.2) is 18.2 Å². The van der Waals surface area contributed by atoms with E-state index in [0.717, 1.165) is 25.4 Å². The summed E-state index contributed by atoms with van der Waals surface area (Å²) in [5.74, 6) is 1.39. The molecular formula is C12H17NO2. The van der Waals surface area contributed by atoms with Gasteiger partial charge in [-0.15, -0.1) is 0 Å². The molecule has 1 heterocycles. The van der Waals surface area contributed by atoms with Crippen molar-refractivity contribution in [3.8, 4) is 5.75 Å². The second-order valence-electron chi connectivity index (χ2n) is 3.85. The van der Waals surface area contributed by atoms with Crippen molar-refractivity contribution in [3.63, 3.8) is 0 Å². The van der Waals surface area contributed by atoms with Crippen molar-refractivity contribution in [2.24, 2.45) is 0 Å². The molecule has 3 nitrogen and oxygen atoms in total. The molecular weight excluding hydrogens is 190 g/mol. The van der Waals surface area contributed by atoms with Gasteiger partial charge in [0.2, 0.25) is 0 Å². The Morgan fingerprint density at radius 2 is 2.27 bits per heavy atom. The highest BCUT2D eigenvalue weighted by atomic mass is 16.5. The Morgan fingerprint density at radius 1 is 1.40 bits per heavy atom. The van der Waals surface area contributed by atoms with E-state index in [-0.39, 0.29) is 0 Å². The van der Waals surface area contributed by atoms with Gasteiger partial charge in [-0.2, -0.15) is 0 Å². The molecule has 1 unspecified atom stereocenters. The Labute approximate surface area is 90.4 Å². The van der Waals surface area contributed by atoms with Crippen LogP contribution < -0.4 is 10.1 Å². The smallest absolute Gasteiger partial charge is 0.119 e. The van der Waals surface area contributed by atoms with Crippen molar-refractivity contribution in [2.45, 2.75) is 12.5 Å².